The van der Waals surface area contributed by atoms with Crippen molar-refractivity contribution in [3.63, 3.8) is 0 Å². The minimum absolute atomic E-state index is 0.0285. The minimum atomic E-state index is -1.80. The van der Waals surface area contributed by atoms with Crippen molar-refractivity contribution in [2.45, 2.75) is 146 Å². The maximum Gasteiger partial charge on any atom is 0.408 e. The Morgan fingerprint density at radius 1 is 0.559 bits per heavy atom. The zero-order chi connectivity index (χ0) is 68.0. The number of alkyl carbamates (subject to hydrolysis) is 1. The number of amides is 12. The fourth-order valence-electron chi connectivity index (χ4n) is 9.85. The maximum atomic E-state index is 14.7. The highest BCUT2D eigenvalue weighted by molar-refractivity contribution is 7.98. The molecule has 93 heavy (non-hydrogen) atoms. The number of hydrogen-bond donors (Lipinski definition) is 12. The van der Waals surface area contributed by atoms with Gasteiger partial charge in [-0.2, -0.15) is 23.5 Å². The van der Waals surface area contributed by atoms with Crippen LogP contribution in [-0.2, 0) is 82.0 Å². The molecule has 0 aromatic heterocycles. The number of carbonyl (C=O) groups is 12. The van der Waals surface area contributed by atoms with Crippen LogP contribution in [0.4, 0.5) is 4.79 Å². The summed E-state index contributed by atoms with van der Waals surface area (Å²) < 4.78 is 5.46. The van der Waals surface area contributed by atoms with Crippen LogP contribution in [0.15, 0.2) is 115 Å². The van der Waals surface area contributed by atoms with Crippen LogP contribution in [0.25, 0.3) is 0 Å². The molecule has 9 atom stereocenters. The molecule has 0 radical (unpaired) electrons. The molecule has 26 nitrogen and oxygen atoms in total. The predicted octanol–water partition coefficient (Wildman–Crippen LogP) is 1.83. The number of phenols is 1. The Hall–Kier alpha value is -9.18. The van der Waals surface area contributed by atoms with Crippen molar-refractivity contribution in [3.05, 3.63) is 138 Å². The minimum Gasteiger partial charge on any atom is -0.508 e. The third-order valence-electron chi connectivity index (χ3n) is 15.0. The van der Waals surface area contributed by atoms with E-state index in [9.17, 15) is 62.6 Å². The summed E-state index contributed by atoms with van der Waals surface area (Å²) in [5.74, 6) is -9.59. The summed E-state index contributed by atoms with van der Waals surface area (Å²) in [6.45, 7) is 6.52. The van der Waals surface area contributed by atoms with Crippen LogP contribution < -0.4 is 59.7 Å². The van der Waals surface area contributed by atoms with Crippen molar-refractivity contribution in [1.29, 1.82) is 0 Å². The number of benzene rings is 4. The molecule has 1 heterocycles. The van der Waals surface area contributed by atoms with E-state index in [0.717, 1.165) is 11.1 Å². The molecule has 15 N–H and O–H groups in total. The largest absolute Gasteiger partial charge is 0.508 e. The number of nitrogens with zero attached hydrogens (tertiary/aromatic N) is 1. The van der Waals surface area contributed by atoms with Gasteiger partial charge in [-0.15, -0.1) is 0 Å². The molecule has 0 unspecified atom stereocenters. The normalized spacial score (nSPS) is 15.2. The molecule has 4 aromatic carbocycles. The first-order chi connectivity index (χ1) is 44.4. The quantitative estimate of drug-likeness (QED) is 0.0305. The summed E-state index contributed by atoms with van der Waals surface area (Å²) in [6, 6.07) is 22.1. The van der Waals surface area contributed by atoms with Crippen molar-refractivity contribution >= 4 is 94.6 Å². The van der Waals surface area contributed by atoms with Crippen LogP contribution in [-0.4, -0.2) is 154 Å². The lowest BCUT2D eigenvalue weighted by molar-refractivity contribution is -0.142. The number of primary amides is 3. The number of ether oxygens (including phenoxy) is 1. The molecule has 5 rings (SSSR count). The SMILES string of the molecule is CC[C@H](C)[C@H](NC(=O)[C@H](Cc1ccc(O)cc1)NC(=O)[C@H](CSCc1ccccc1)NC(=O)OCc1ccccc1)C(=O)N[C@@H](CCC(N)=O)C(=O)N[C@@H](CC(N)=O)C(=O)N[C@@H](CSCc1ccccc1)C(=O)N1CCC[C@H]1C(=O)N[C@@H](CC(C)C)C(=O)NCC(N)=O. The summed E-state index contributed by atoms with van der Waals surface area (Å²) in [7, 11) is 0. The van der Waals surface area contributed by atoms with E-state index in [1.54, 1.807) is 44.2 Å². The van der Waals surface area contributed by atoms with Gasteiger partial charge in [0.1, 0.15) is 60.7 Å². The van der Waals surface area contributed by atoms with Gasteiger partial charge in [0, 0.05) is 42.4 Å². The Balaban J connectivity index is 1.38. The van der Waals surface area contributed by atoms with E-state index in [1.165, 1.54) is 52.7 Å². The van der Waals surface area contributed by atoms with Crippen molar-refractivity contribution in [3.8, 4) is 5.75 Å². The molecular weight excluding hydrogens is 1240 g/mol. The number of rotatable bonds is 38. The Kier molecular flexibility index (Phi) is 31.0. The number of carbonyl (C=O) groups excluding carboxylic acids is 12. The average molecular weight is 1320 g/mol. The zero-order valence-corrected chi connectivity index (χ0v) is 54.2. The second kappa shape index (κ2) is 38.6. The highest BCUT2D eigenvalue weighted by atomic mass is 32.2. The molecule has 4 aromatic rings. The molecule has 0 spiro atoms. The van der Waals surface area contributed by atoms with E-state index in [-0.39, 0.29) is 62.0 Å². The van der Waals surface area contributed by atoms with Crippen molar-refractivity contribution in [2.75, 3.05) is 24.6 Å². The van der Waals surface area contributed by atoms with Gasteiger partial charge in [-0.3, -0.25) is 52.7 Å². The summed E-state index contributed by atoms with van der Waals surface area (Å²) >= 11 is 2.59. The lowest BCUT2D eigenvalue weighted by Crippen LogP contribution is -2.61. The fourth-order valence-corrected chi connectivity index (χ4v) is 11.9. The number of nitrogens with two attached hydrogens (primary N) is 3. The van der Waals surface area contributed by atoms with Gasteiger partial charge in [-0.25, -0.2) is 4.79 Å². The topological polar surface area (TPSA) is 412 Å². The predicted molar refractivity (Wildman–Crippen MR) is 350 cm³/mol. The molecule has 12 amide bonds. The van der Waals surface area contributed by atoms with E-state index in [4.69, 9.17) is 21.9 Å². The molecular formula is C65H86N12O14S2. The van der Waals surface area contributed by atoms with Gasteiger partial charge in [0.05, 0.1) is 13.0 Å². The van der Waals surface area contributed by atoms with Gasteiger partial charge in [-0.1, -0.05) is 137 Å². The van der Waals surface area contributed by atoms with Crippen LogP contribution in [0.5, 0.6) is 5.75 Å². The Morgan fingerprint density at radius 3 is 1.65 bits per heavy atom. The molecule has 1 aliphatic rings. The van der Waals surface area contributed by atoms with Crippen molar-refractivity contribution < 1.29 is 67.4 Å². The molecule has 1 fully saturated rings. The van der Waals surface area contributed by atoms with Crippen molar-refractivity contribution in [2.24, 2.45) is 29.0 Å². The monoisotopic (exact) mass is 1320 g/mol. The number of aromatic hydroxyl groups is 1. The Bertz CT molecular complexity index is 3170. The second-order valence-corrected chi connectivity index (χ2v) is 25.0. The highest BCUT2D eigenvalue weighted by Crippen LogP contribution is 2.23. The van der Waals surface area contributed by atoms with Crippen LogP contribution in [0.1, 0.15) is 94.9 Å². The number of phenolic OH excluding ortho intramolecular Hbond substituents is 1. The fraction of sp³-hybridized carbons (Fsp3) is 0.446. The lowest BCUT2D eigenvalue weighted by Gasteiger charge is -2.31. The van der Waals surface area contributed by atoms with E-state index in [1.807, 2.05) is 74.5 Å². The zero-order valence-electron chi connectivity index (χ0n) is 52.6. The van der Waals surface area contributed by atoms with Crippen LogP contribution in [0.2, 0.25) is 0 Å². The lowest BCUT2D eigenvalue weighted by atomic mass is 9.96. The maximum absolute atomic E-state index is 14.7. The van der Waals surface area contributed by atoms with Gasteiger partial charge in [0.2, 0.25) is 65.0 Å². The van der Waals surface area contributed by atoms with E-state index in [0.29, 0.717) is 29.1 Å². The molecule has 1 saturated heterocycles. The summed E-state index contributed by atoms with van der Waals surface area (Å²) in [5, 5.41) is 31.0. The smallest absolute Gasteiger partial charge is 0.408 e. The second-order valence-electron chi connectivity index (χ2n) is 23.0. The Morgan fingerprint density at radius 2 is 1.09 bits per heavy atom. The number of likely N-dealkylation sites (tertiary alicyclic amines) is 1. The van der Waals surface area contributed by atoms with Gasteiger partial charge < -0.3 is 74.5 Å². The van der Waals surface area contributed by atoms with Crippen molar-refractivity contribution in [1.82, 2.24) is 47.4 Å². The molecule has 0 bridgehead atoms. The first-order valence-electron chi connectivity index (χ1n) is 30.6. The summed E-state index contributed by atoms with van der Waals surface area (Å²) in [6.07, 6.45) is -1.86. The van der Waals surface area contributed by atoms with E-state index >= 15 is 0 Å². The van der Waals surface area contributed by atoms with Gasteiger partial charge >= 0.3 is 6.09 Å². The van der Waals surface area contributed by atoms with E-state index in [2.05, 4.69) is 42.5 Å². The third-order valence-corrected chi connectivity index (χ3v) is 17.2. The molecule has 0 saturated carbocycles. The highest BCUT2D eigenvalue weighted by Gasteiger charge is 2.41. The Labute approximate surface area is 549 Å². The van der Waals surface area contributed by atoms with E-state index < -0.39 is 151 Å². The molecule has 28 heteroatoms. The first-order valence-corrected chi connectivity index (χ1v) is 33.0. The molecule has 1 aliphatic heterocycles. The summed E-state index contributed by atoms with van der Waals surface area (Å²) in [5.41, 5.74) is 19.4. The third kappa shape index (κ3) is 26.2. The number of nitrogens with one attached hydrogen (secondary N) is 8. The van der Waals surface area contributed by atoms with Crippen LogP contribution in [0, 0.1) is 11.8 Å². The van der Waals surface area contributed by atoms with Crippen LogP contribution in [0.3, 0.4) is 0 Å². The average Bonchev–Trinajstić information content (AvgIpc) is 1.80. The standard InChI is InChI=1S/C65H86N12O14S2/c1-5-40(4)56(76-60(85)48(31-41-23-25-45(78)26-24-41)71-61(86)50(37-92-35-43-18-11-7-12-19-43)75-65(90)91-34-42-16-9-6-10-17-42)63(88)70-46(27-28-53(66)79)58(83)72-49(32-54(67)80)59(84)74-51(38-93-36-44-20-13-8-14-21-44)64(89)77-29-15-22-52(77)62(87)73-47(30-39(2)3)57(82)69-33-55(68)81/h6-14,16-21,23-26,39-40,46-52,56,78H,5,15,22,27-38H2,1-4H3,(H2,66,79)(H2,67,80)(H2,68,81)(H,69,82)(H,70,88)(H,71,86)(H,72,83)(H,73,87)(H,74,84)(H,75,90)(H,76,85)/t40-,46-,47-,48-,49-,50-,51-,52-,56-/m0/s1. The van der Waals surface area contributed by atoms with Gasteiger partial charge in [-0.05, 0) is 71.9 Å². The first kappa shape index (κ1) is 74.5. The van der Waals surface area contributed by atoms with Gasteiger partial charge in [0.25, 0.3) is 0 Å². The molecule has 0 aliphatic carbocycles. The molecule has 502 valence electrons. The van der Waals surface area contributed by atoms with Gasteiger partial charge in [0.15, 0.2) is 0 Å². The summed E-state index contributed by atoms with van der Waals surface area (Å²) in [4.78, 5) is 166. The van der Waals surface area contributed by atoms with Crippen LogP contribution >= 0.6 is 23.5 Å². The number of thioether (sulfide) groups is 2. The number of hydrogen-bond acceptors (Lipinski definition) is 16.